The van der Waals surface area contributed by atoms with E-state index in [1.807, 2.05) is 6.07 Å². The van der Waals surface area contributed by atoms with E-state index in [2.05, 4.69) is 10.1 Å². The van der Waals surface area contributed by atoms with Crippen LogP contribution in [0.3, 0.4) is 0 Å². The number of aryl methyl sites for hydroxylation is 1. The minimum absolute atomic E-state index is 0.0555. The third-order valence-corrected chi connectivity index (χ3v) is 4.57. The number of carboxylic acid groups (broad SMARTS) is 1. The summed E-state index contributed by atoms with van der Waals surface area (Å²) in [5.41, 5.74) is 2.63. The molecule has 0 radical (unpaired) electrons. The van der Waals surface area contributed by atoms with Gasteiger partial charge in [0.25, 0.3) is 5.56 Å². The maximum atomic E-state index is 12.6. The van der Waals surface area contributed by atoms with Crippen LogP contribution in [-0.4, -0.2) is 25.7 Å². The van der Waals surface area contributed by atoms with E-state index >= 15 is 0 Å². The van der Waals surface area contributed by atoms with Crippen molar-refractivity contribution in [3.63, 3.8) is 0 Å². The van der Waals surface area contributed by atoms with Gasteiger partial charge < -0.3 is 5.11 Å². The largest absolute Gasteiger partial charge is 0.481 e. The van der Waals surface area contributed by atoms with Crippen molar-refractivity contribution in [2.75, 3.05) is 0 Å². The number of rotatable bonds is 4. The van der Waals surface area contributed by atoms with Gasteiger partial charge in [0.15, 0.2) is 5.65 Å². The third-order valence-electron chi connectivity index (χ3n) is 4.57. The molecule has 118 valence electrons. The van der Waals surface area contributed by atoms with Crippen molar-refractivity contribution in [2.45, 2.75) is 57.8 Å². The first-order chi connectivity index (χ1) is 10.6. The Bertz CT molecular complexity index is 754. The average molecular weight is 303 g/mol. The zero-order valence-corrected chi connectivity index (χ0v) is 12.8. The Morgan fingerprint density at radius 2 is 2.14 bits per heavy atom. The van der Waals surface area contributed by atoms with Gasteiger partial charge in [-0.25, -0.2) is 9.50 Å². The lowest BCUT2D eigenvalue weighted by atomic mass is 9.87. The van der Waals surface area contributed by atoms with Crippen LogP contribution in [0.5, 0.6) is 0 Å². The van der Waals surface area contributed by atoms with Crippen molar-refractivity contribution in [2.24, 2.45) is 0 Å². The van der Waals surface area contributed by atoms with Crippen LogP contribution in [0, 0.1) is 6.92 Å². The van der Waals surface area contributed by atoms with Crippen LogP contribution in [0.15, 0.2) is 10.9 Å². The van der Waals surface area contributed by atoms with Gasteiger partial charge in [0.2, 0.25) is 0 Å². The monoisotopic (exact) mass is 303 g/mol. The molecule has 6 nitrogen and oxygen atoms in total. The zero-order chi connectivity index (χ0) is 15.7. The van der Waals surface area contributed by atoms with Crippen LogP contribution >= 0.6 is 0 Å². The summed E-state index contributed by atoms with van der Waals surface area (Å²) in [5.74, 6) is -0.434. The van der Waals surface area contributed by atoms with Crippen LogP contribution in [-0.2, 0) is 11.2 Å². The van der Waals surface area contributed by atoms with Gasteiger partial charge in [-0.15, -0.1) is 0 Å². The lowest BCUT2D eigenvalue weighted by Gasteiger charge is -2.19. The number of aromatic amines is 1. The smallest absolute Gasteiger partial charge is 0.303 e. The molecule has 1 aliphatic rings. The number of carbonyl (C=O) groups is 1. The molecule has 0 spiro atoms. The lowest BCUT2D eigenvalue weighted by Crippen LogP contribution is -2.22. The fraction of sp³-hybridized carbons (Fsp3) is 0.562. The number of fused-ring (bicyclic) bond motifs is 1. The summed E-state index contributed by atoms with van der Waals surface area (Å²) in [6.07, 6.45) is 6.19. The summed E-state index contributed by atoms with van der Waals surface area (Å²) in [6.45, 7) is 1.77. The van der Waals surface area contributed by atoms with E-state index in [-0.39, 0.29) is 18.4 Å². The van der Waals surface area contributed by atoms with Gasteiger partial charge in [0.1, 0.15) is 0 Å². The normalized spacial score (nSPS) is 16.2. The molecule has 3 rings (SSSR count). The fourth-order valence-electron chi connectivity index (χ4n) is 3.33. The number of hydrogen-bond donors (Lipinski definition) is 2. The predicted molar refractivity (Wildman–Crippen MR) is 82.3 cm³/mol. The summed E-state index contributed by atoms with van der Waals surface area (Å²) in [4.78, 5) is 27.8. The Kier molecular flexibility index (Phi) is 4.00. The predicted octanol–water partition coefficient (Wildman–Crippen LogP) is 2.40. The van der Waals surface area contributed by atoms with Gasteiger partial charge in [-0.1, -0.05) is 19.3 Å². The van der Waals surface area contributed by atoms with Crippen molar-refractivity contribution in [1.82, 2.24) is 14.6 Å². The number of aliphatic carboxylic acids is 1. The number of nitrogens with one attached hydrogen (secondary N) is 1. The molecule has 1 fully saturated rings. The molecule has 22 heavy (non-hydrogen) atoms. The summed E-state index contributed by atoms with van der Waals surface area (Å²) >= 11 is 0. The van der Waals surface area contributed by atoms with E-state index in [0.29, 0.717) is 22.8 Å². The van der Waals surface area contributed by atoms with Gasteiger partial charge in [0.05, 0.1) is 0 Å². The Morgan fingerprint density at radius 1 is 1.41 bits per heavy atom. The Morgan fingerprint density at radius 3 is 2.82 bits per heavy atom. The number of H-pyrrole nitrogens is 1. The maximum Gasteiger partial charge on any atom is 0.303 e. The SMILES string of the molecule is Cc1nc2cc(C3CCCCC3)[nH]n2c(=O)c1CCC(=O)O. The molecular weight excluding hydrogens is 282 g/mol. The van der Waals surface area contributed by atoms with Gasteiger partial charge in [-0.3, -0.25) is 14.7 Å². The summed E-state index contributed by atoms with van der Waals surface area (Å²) in [7, 11) is 0. The molecule has 1 aliphatic carbocycles. The lowest BCUT2D eigenvalue weighted by molar-refractivity contribution is -0.136. The van der Waals surface area contributed by atoms with Gasteiger partial charge in [-0.2, -0.15) is 0 Å². The molecule has 0 unspecified atom stereocenters. The Hall–Kier alpha value is -2.11. The highest BCUT2D eigenvalue weighted by atomic mass is 16.4. The van der Waals surface area contributed by atoms with Gasteiger partial charge in [-0.05, 0) is 26.2 Å². The molecular formula is C16H21N3O3. The van der Waals surface area contributed by atoms with Crippen molar-refractivity contribution in [3.8, 4) is 0 Å². The van der Waals surface area contributed by atoms with Crippen molar-refractivity contribution in [3.05, 3.63) is 33.4 Å². The second kappa shape index (κ2) is 5.94. The fourth-order valence-corrected chi connectivity index (χ4v) is 3.33. The minimum atomic E-state index is -0.904. The van der Waals surface area contributed by atoms with E-state index in [1.165, 1.54) is 23.8 Å². The molecule has 0 amide bonds. The number of nitrogens with zero attached hydrogens (tertiary/aromatic N) is 2. The third kappa shape index (κ3) is 2.77. The molecule has 1 saturated carbocycles. The highest BCUT2D eigenvalue weighted by Gasteiger charge is 2.19. The maximum absolute atomic E-state index is 12.6. The highest BCUT2D eigenvalue weighted by Crippen LogP contribution is 2.31. The van der Waals surface area contributed by atoms with Crippen LogP contribution < -0.4 is 5.56 Å². The topological polar surface area (TPSA) is 87.5 Å². The number of hydrogen-bond acceptors (Lipinski definition) is 3. The number of aromatic nitrogens is 3. The quantitative estimate of drug-likeness (QED) is 0.908. The first-order valence-corrected chi connectivity index (χ1v) is 7.89. The van der Waals surface area contributed by atoms with E-state index in [4.69, 9.17) is 5.11 Å². The molecule has 0 bridgehead atoms. The van der Waals surface area contributed by atoms with Crippen molar-refractivity contribution >= 4 is 11.6 Å². The minimum Gasteiger partial charge on any atom is -0.481 e. The summed E-state index contributed by atoms with van der Waals surface area (Å²) < 4.78 is 1.47. The molecule has 0 atom stereocenters. The zero-order valence-electron chi connectivity index (χ0n) is 12.8. The van der Waals surface area contributed by atoms with Gasteiger partial charge >= 0.3 is 5.97 Å². The van der Waals surface area contributed by atoms with E-state index in [0.717, 1.165) is 18.5 Å². The molecule has 0 aromatic carbocycles. The van der Waals surface area contributed by atoms with Crippen LogP contribution in [0.4, 0.5) is 0 Å². The van der Waals surface area contributed by atoms with Crippen LogP contribution in [0.2, 0.25) is 0 Å². The second-order valence-corrected chi connectivity index (χ2v) is 6.11. The Labute approximate surface area is 128 Å². The second-order valence-electron chi connectivity index (χ2n) is 6.11. The average Bonchev–Trinajstić information content (AvgIpc) is 2.92. The van der Waals surface area contributed by atoms with Crippen molar-refractivity contribution in [1.29, 1.82) is 0 Å². The molecule has 0 aliphatic heterocycles. The molecule has 2 heterocycles. The highest BCUT2D eigenvalue weighted by molar-refractivity contribution is 5.67. The van der Waals surface area contributed by atoms with Gasteiger partial charge in [0, 0.05) is 35.4 Å². The number of carboxylic acids is 1. The standard InChI is InChI=1S/C16H21N3O3/c1-10-12(7-8-15(20)21)16(22)19-14(17-10)9-13(18-19)11-5-3-2-4-6-11/h9,11,18H,2-8H2,1H3,(H,20,21). The van der Waals surface area contributed by atoms with Crippen LogP contribution in [0.25, 0.3) is 5.65 Å². The molecule has 6 heteroatoms. The molecule has 2 N–H and O–H groups in total. The molecule has 2 aromatic heterocycles. The summed E-state index contributed by atoms with van der Waals surface area (Å²) in [5, 5.41) is 12.0. The van der Waals surface area contributed by atoms with E-state index in [9.17, 15) is 9.59 Å². The first kappa shape index (κ1) is 14.8. The van der Waals surface area contributed by atoms with Crippen molar-refractivity contribution < 1.29 is 9.90 Å². The van der Waals surface area contributed by atoms with Crippen LogP contribution in [0.1, 0.15) is 61.4 Å². The first-order valence-electron chi connectivity index (χ1n) is 7.89. The van der Waals surface area contributed by atoms with E-state index < -0.39 is 5.97 Å². The summed E-state index contributed by atoms with van der Waals surface area (Å²) in [6, 6.07) is 1.96. The molecule has 0 saturated heterocycles. The molecule has 2 aromatic rings. The van der Waals surface area contributed by atoms with E-state index in [1.54, 1.807) is 6.92 Å². The Balaban J connectivity index is 1.99.